The first-order valence-electron chi connectivity index (χ1n) is 7.42. The van der Waals surface area contributed by atoms with E-state index in [9.17, 15) is 4.79 Å². The number of ether oxygens (including phenoxy) is 1. The van der Waals surface area contributed by atoms with Crippen LogP contribution in [0.5, 0.6) is 0 Å². The maximum atomic E-state index is 12.5. The van der Waals surface area contributed by atoms with Gasteiger partial charge in [0.05, 0.1) is 36.2 Å². The maximum Gasteiger partial charge on any atom is 0.254 e. The van der Waals surface area contributed by atoms with Gasteiger partial charge in [-0.1, -0.05) is 0 Å². The Morgan fingerprint density at radius 3 is 3.09 bits per heavy atom. The number of thiophene rings is 1. The van der Waals surface area contributed by atoms with E-state index in [4.69, 9.17) is 4.74 Å². The Morgan fingerprint density at radius 1 is 1.36 bits per heavy atom. The molecular formula is C16H17N3O2S. The molecule has 0 unspecified atom stereocenters. The third kappa shape index (κ3) is 2.38. The molecule has 0 saturated carbocycles. The Morgan fingerprint density at radius 2 is 2.32 bits per heavy atom. The van der Waals surface area contributed by atoms with Gasteiger partial charge in [-0.2, -0.15) is 11.3 Å². The van der Waals surface area contributed by atoms with Crippen molar-refractivity contribution in [2.45, 2.75) is 12.1 Å². The quantitative estimate of drug-likeness (QED) is 0.849. The Labute approximate surface area is 133 Å². The van der Waals surface area contributed by atoms with Crippen LogP contribution in [-0.4, -0.2) is 54.2 Å². The third-order valence-electron chi connectivity index (χ3n) is 4.33. The van der Waals surface area contributed by atoms with Crippen molar-refractivity contribution in [3.8, 4) is 0 Å². The van der Waals surface area contributed by atoms with Gasteiger partial charge in [-0.3, -0.25) is 9.78 Å². The van der Waals surface area contributed by atoms with Crippen molar-refractivity contribution in [1.82, 2.24) is 9.88 Å². The molecule has 2 aliphatic rings. The molecule has 114 valence electrons. The Hall–Kier alpha value is -1.92. The molecule has 0 aromatic carbocycles. The highest BCUT2D eigenvalue weighted by atomic mass is 32.1. The van der Waals surface area contributed by atoms with Crippen molar-refractivity contribution in [2.24, 2.45) is 0 Å². The van der Waals surface area contributed by atoms with Crippen molar-refractivity contribution >= 4 is 22.9 Å². The Kier molecular flexibility index (Phi) is 3.56. The fourth-order valence-corrected chi connectivity index (χ4v) is 3.90. The van der Waals surface area contributed by atoms with Gasteiger partial charge in [-0.05, 0) is 23.6 Å². The summed E-state index contributed by atoms with van der Waals surface area (Å²) in [5.74, 6) is 0.102. The molecule has 0 N–H and O–H groups in total. The number of nitrogens with zero attached hydrogens (tertiary/aromatic N) is 3. The summed E-state index contributed by atoms with van der Waals surface area (Å²) in [6, 6.07) is 6.11. The number of rotatable bonds is 2. The van der Waals surface area contributed by atoms with Crippen LogP contribution in [0.15, 0.2) is 41.4 Å². The summed E-state index contributed by atoms with van der Waals surface area (Å²) in [5.41, 5.74) is 1.88. The van der Waals surface area contributed by atoms with E-state index in [-0.39, 0.29) is 18.1 Å². The number of likely N-dealkylation sites (tertiary alicyclic amines) is 1. The number of carbonyl (C=O) groups excluding carboxylic acids is 1. The molecule has 4 rings (SSSR count). The van der Waals surface area contributed by atoms with Crippen LogP contribution in [0.4, 0.5) is 5.69 Å². The molecule has 0 bridgehead atoms. The van der Waals surface area contributed by atoms with E-state index in [1.807, 2.05) is 34.0 Å². The molecule has 0 spiro atoms. The lowest BCUT2D eigenvalue weighted by Crippen LogP contribution is -2.51. The molecule has 2 fully saturated rings. The maximum absolute atomic E-state index is 12.5. The highest BCUT2D eigenvalue weighted by molar-refractivity contribution is 7.08. The van der Waals surface area contributed by atoms with Crippen LogP contribution in [0.1, 0.15) is 10.4 Å². The van der Waals surface area contributed by atoms with E-state index in [0.29, 0.717) is 19.7 Å². The topological polar surface area (TPSA) is 45.7 Å². The number of carbonyl (C=O) groups is 1. The number of anilines is 1. The fourth-order valence-electron chi connectivity index (χ4n) is 3.27. The van der Waals surface area contributed by atoms with E-state index >= 15 is 0 Å². The molecule has 0 aliphatic carbocycles. The second-order valence-electron chi connectivity index (χ2n) is 5.60. The van der Waals surface area contributed by atoms with Gasteiger partial charge in [-0.25, -0.2) is 0 Å². The summed E-state index contributed by atoms with van der Waals surface area (Å²) in [6.07, 6.45) is 3.74. The SMILES string of the molecule is O=C(c1ccsc1)N1C[C@@H]2OCCN(c3cccnc3)[C@@H]2C1. The molecule has 2 atom stereocenters. The van der Waals surface area contributed by atoms with Gasteiger partial charge in [0.15, 0.2) is 0 Å². The second kappa shape index (κ2) is 5.70. The number of fused-ring (bicyclic) bond motifs is 1. The minimum Gasteiger partial charge on any atom is -0.372 e. The largest absolute Gasteiger partial charge is 0.372 e. The van der Waals surface area contributed by atoms with Crippen LogP contribution >= 0.6 is 11.3 Å². The van der Waals surface area contributed by atoms with Crippen LogP contribution in [-0.2, 0) is 4.74 Å². The molecule has 22 heavy (non-hydrogen) atoms. The molecule has 4 heterocycles. The molecule has 1 amide bonds. The summed E-state index contributed by atoms with van der Waals surface area (Å²) in [6.45, 7) is 2.90. The van der Waals surface area contributed by atoms with E-state index < -0.39 is 0 Å². The molecule has 0 radical (unpaired) electrons. The van der Waals surface area contributed by atoms with Crippen molar-refractivity contribution in [3.05, 3.63) is 46.9 Å². The van der Waals surface area contributed by atoms with Crippen LogP contribution in [0.3, 0.4) is 0 Å². The van der Waals surface area contributed by atoms with Gasteiger partial charge in [-0.15, -0.1) is 0 Å². The molecule has 2 saturated heterocycles. The monoisotopic (exact) mass is 315 g/mol. The van der Waals surface area contributed by atoms with Gasteiger partial charge in [0.1, 0.15) is 0 Å². The minimum atomic E-state index is 0.0801. The normalized spacial score (nSPS) is 24.4. The highest BCUT2D eigenvalue weighted by Gasteiger charge is 2.42. The lowest BCUT2D eigenvalue weighted by molar-refractivity contribution is 0.0302. The van der Waals surface area contributed by atoms with Crippen molar-refractivity contribution in [1.29, 1.82) is 0 Å². The predicted octanol–water partition coefficient (Wildman–Crippen LogP) is 1.87. The number of amides is 1. The number of morpholine rings is 1. The number of hydrogen-bond donors (Lipinski definition) is 0. The summed E-state index contributed by atoms with van der Waals surface area (Å²) < 4.78 is 5.90. The van der Waals surface area contributed by atoms with E-state index in [0.717, 1.165) is 17.8 Å². The predicted molar refractivity (Wildman–Crippen MR) is 85.3 cm³/mol. The van der Waals surface area contributed by atoms with E-state index in [2.05, 4.69) is 16.0 Å². The van der Waals surface area contributed by atoms with Crippen LogP contribution in [0.2, 0.25) is 0 Å². The van der Waals surface area contributed by atoms with Gasteiger partial charge in [0, 0.05) is 31.2 Å². The van der Waals surface area contributed by atoms with Crippen molar-refractivity contribution in [2.75, 3.05) is 31.1 Å². The summed E-state index contributed by atoms with van der Waals surface area (Å²) in [5, 5.41) is 3.85. The first-order valence-corrected chi connectivity index (χ1v) is 8.37. The average Bonchev–Trinajstić information content (AvgIpc) is 3.24. The van der Waals surface area contributed by atoms with Crippen molar-refractivity contribution < 1.29 is 9.53 Å². The highest BCUT2D eigenvalue weighted by Crippen LogP contribution is 2.28. The van der Waals surface area contributed by atoms with Crippen LogP contribution < -0.4 is 4.90 Å². The van der Waals surface area contributed by atoms with E-state index in [1.54, 1.807) is 17.5 Å². The standard InChI is InChI=1S/C16H17N3O2S/c20-16(12-3-7-22-11-12)18-9-14-15(10-18)21-6-5-19(14)13-2-1-4-17-8-13/h1-4,7-8,11,14-15H,5-6,9-10H2/t14-,15+/m1/s1. The van der Waals surface area contributed by atoms with Gasteiger partial charge < -0.3 is 14.5 Å². The first-order chi connectivity index (χ1) is 10.8. The van der Waals surface area contributed by atoms with Gasteiger partial charge in [0.2, 0.25) is 0 Å². The molecular weight excluding hydrogens is 298 g/mol. The lowest BCUT2D eigenvalue weighted by Gasteiger charge is -2.38. The zero-order valence-electron chi connectivity index (χ0n) is 12.1. The van der Waals surface area contributed by atoms with Crippen LogP contribution in [0.25, 0.3) is 0 Å². The van der Waals surface area contributed by atoms with Gasteiger partial charge in [0.25, 0.3) is 5.91 Å². The zero-order valence-corrected chi connectivity index (χ0v) is 12.9. The summed E-state index contributed by atoms with van der Waals surface area (Å²) >= 11 is 1.55. The van der Waals surface area contributed by atoms with Crippen molar-refractivity contribution in [3.63, 3.8) is 0 Å². The Bertz CT molecular complexity index is 647. The van der Waals surface area contributed by atoms with Crippen LogP contribution in [0, 0.1) is 0 Å². The summed E-state index contributed by atoms with van der Waals surface area (Å²) in [4.78, 5) is 21.0. The fraction of sp³-hybridized carbons (Fsp3) is 0.375. The molecule has 2 aliphatic heterocycles. The zero-order chi connectivity index (χ0) is 14.9. The lowest BCUT2D eigenvalue weighted by atomic mass is 10.1. The molecule has 5 nitrogen and oxygen atoms in total. The smallest absolute Gasteiger partial charge is 0.254 e. The molecule has 6 heteroatoms. The molecule has 2 aromatic heterocycles. The second-order valence-corrected chi connectivity index (χ2v) is 6.38. The summed E-state index contributed by atoms with van der Waals surface area (Å²) in [7, 11) is 0. The number of aromatic nitrogens is 1. The third-order valence-corrected chi connectivity index (χ3v) is 5.02. The first kappa shape index (κ1) is 13.7. The average molecular weight is 315 g/mol. The number of hydrogen-bond acceptors (Lipinski definition) is 5. The Balaban J connectivity index is 1.55. The minimum absolute atomic E-state index is 0.0801. The number of pyridine rings is 1. The van der Waals surface area contributed by atoms with Gasteiger partial charge >= 0.3 is 0 Å². The molecule has 2 aromatic rings. The van der Waals surface area contributed by atoms with E-state index in [1.165, 1.54) is 0 Å².